The van der Waals surface area contributed by atoms with Crippen molar-refractivity contribution in [2.45, 2.75) is 18.9 Å². The van der Waals surface area contributed by atoms with Gasteiger partial charge in [0.2, 0.25) is 0 Å². The van der Waals surface area contributed by atoms with Crippen molar-refractivity contribution in [2.75, 3.05) is 36.4 Å². The summed E-state index contributed by atoms with van der Waals surface area (Å²) in [5.41, 5.74) is 1.22. The van der Waals surface area contributed by atoms with Crippen molar-refractivity contribution in [1.82, 2.24) is 9.88 Å². The number of nitrogens with one attached hydrogen (secondary N) is 1. The lowest BCUT2D eigenvalue weighted by atomic mass is 10.2. The van der Waals surface area contributed by atoms with Gasteiger partial charge in [0, 0.05) is 38.4 Å². The molecule has 1 aliphatic carbocycles. The van der Waals surface area contributed by atoms with Gasteiger partial charge in [-0.2, -0.15) is 0 Å². The molecule has 0 radical (unpaired) electrons. The maximum Gasteiger partial charge on any atom is 0.257 e. The molecule has 0 atom stereocenters. The molecule has 0 unspecified atom stereocenters. The monoisotopic (exact) mass is 340 g/mol. The number of halogens is 1. The van der Waals surface area contributed by atoms with Gasteiger partial charge in [0.1, 0.15) is 11.6 Å². The zero-order chi connectivity index (χ0) is 17.2. The maximum absolute atomic E-state index is 13.9. The predicted molar refractivity (Wildman–Crippen MR) is 95.4 cm³/mol. The molecule has 1 saturated carbocycles. The summed E-state index contributed by atoms with van der Waals surface area (Å²) in [5.74, 6) is 0.446. The Kier molecular flexibility index (Phi) is 4.26. The van der Waals surface area contributed by atoms with Gasteiger partial charge in [-0.3, -0.25) is 4.79 Å². The van der Waals surface area contributed by atoms with Crippen LogP contribution in [0.15, 0.2) is 42.6 Å². The van der Waals surface area contributed by atoms with Crippen molar-refractivity contribution in [3.8, 4) is 0 Å². The fourth-order valence-corrected chi connectivity index (χ4v) is 3.14. The van der Waals surface area contributed by atoms with E-state index in [1.165, 1.54) is 6.07 Å². The molecule has 1 amide bonds. The van der Waals surface area contributed by atoms with Gasteiger partial charge in [0.15, 0.2) is 0 Å². The van der Waals surface area contributed by atoms with E-state index in [4.69, 9.17) is 0 Å². The van der Waals surface area contributed by atoms with Crippen molar-refractivity contribution in [3.05, 3.63) is 54.0 Å². The van der Waals surface area contributed by atoms with Crippen LogP contribution in [0.4, 0.5) is 15.9 Å². The summed E-state index contributed by atoms with van der Waals surface area (Å²) in [5, 5.41) is 3.33. The van der Waals surface area contributed by atoms with Crippen LogP contribution in [0.3, 0.4) is 0 Å². The number of hydrogen-bond acceptors (Lipinski definition) is 4. The van der Waals surface area contributed by atoms with Gasteiger partial charge >= 0.3 is 0 Å². The lowest BCUT2D eigenvalue weighted by Gasteiger charge is -2.36. The van der Waals surface area contributed by atoms with Crippen LogP contribution in [0.25, 0.3) is 0 Å². The molecule has 2 fully saturated rings. The molecule has 2 heterocycles. The number of benzene rings is 1. The normalized spacial score (nSPS) is 17.5. The molecule has 4 rings (SSSR count). The van der Waals surface area contributed by atoms with E-state index in [1.807, 2.05) is 21.9 Å². The highest BCUT2D eigenvalue weighted by atomic mass is 19.1. The van der Waals surface area contributed by atoms with Crippen molar-refractivity contribution < 1.29 is 9.18 Å². The first-order valence-corrected chi connectivity index (χ1v) is 8.72. The molecule has 5 nitrogen and oxygen atoms in total. The highest BCUT2D eigenvalue weighted by molar-refractivity contribution is 5.99. The second-order valence-electron chi connectivity index (χ2n) is 6.55. The minimum atomic E-state index is -0.217. The second-order valence-corrected chi connectivity index (χ2v) is 6.55. The maximum atomic E-state index is 13.9. The third kappa shape index (κ3) is 3.43. The Morgan fingerprint density at radius 3 is 2.56 bits per heavy atom. The van der Waals surface area contributed by atoms with Crippen LogP contribution in [-0.2, 0) is 0 Å². The molecule has 1 aromatic carbocycles. The first-order valence-electron chi connectivity index (χ1n) is 8.72. The smallest absolute Gasteiger partial charge is 0.257 e. The number of piperazine rings is 1. The predicted octanol–water partition coefficient (Wildman–Crippen LogP) is 2.76. The summed E-state index contributed by atoms with van der Waals surface area (Å²) in [7, 11) is 0. The summed E-state index contributed by atoms with van der Waals surface area (Å²) < 4.78 is 13.9. The SMILES string of the molecule is O=C(c1cccnc1NC1CC1)N1CCN(c2ccccc2F)CC1. The quantitative estimate of drug-likeness (QED) is 0.930. The molecular formula is C19H21FN4O. The Balaban J connectivity index is 1.44. The van der Waals surface area contributed by atoms with Crippen molar-refractivity contribution >= 4 is 17.4 Å². The first-order chi connectivity index (χ1) is 12.2. The minimum absolute atomic E-state index is 0.00978. The summed E-state index contributed by atoms with van der Waals surface area (Å²) in [4.78, 5) is 21.0. The van der Waals surface area contributed by atoms with E-state index in [9.17, 15) is 9.18 Å². The zero-order valence-electron chi connectivity index (χ0n) is 14.0. The van der Waals surface area contributed by atoms with E-state index >= 15 is 0 Å². The number of aromatic nitrogens is 1. The summed E-state index contributed by atoms with van der Waals surface area (Å²) >= 11 is 0. The number of amides is 1. The average molecular weight is 340 g/mol. The number of pyridine rings is 1. The molecule has 2 aliphatic rings. The fourth-order valence-electron chi connectivity index (χ4n) is 3.14. The lowest BCUT2D eigenvalue weighted by molar-refractivity contribution is 0.0747. The average Bonchev–Trinajstić information content (AvgIpc) is 3.46. The van der Waals surface area contributed by atoms with Crippen LogP contribution in [0.2, 0.25) is 0 Å². The highest BCUT2D eigenvalue weighted by Gasteiger charge is 2.27. The van der Waals surface area contributed by atoms with Gasteiger partial charge in [-0.15, -0.1) is 0 Å². The van der Waals surface area contributed by atoms with Crippen LogP contribution >= 0.6 is 0 Å². The third-order valence-corrected chi connectivity index (χ3v) is 4.72. The highest BCUT2D eigenvalue weighted by Crippen LogP contribution is 2.26. The first kappa shape index (κ1) is 15.9. The van der Waals surface area contributed by atoms with Gasteiger partial charge in [0.25, 0.3) is 5.91 Å². The molecule has 1 saturated heterocycles. The molecule has 1 aromatic heterocycles. The van der Waals surface area contributed by atoms with Gasteiger partial charge in [-0.05, 0) is 37.1 Å². The van der Waals surface area contributed by atoms with Gasteiger partial charge < -0.3 is 15.1 Å². The second kappa shape index (κ2) is 6.70. The third-order valence-electron chi connectivity index (χ3n) is 4.72. The molecular weight excluding hydrogens is 319 g/mol. The molecule has 6 heteroatoms. The summed E-state index contributed by atoms with van der Waals surface area (Å²) in [6.07, 6.45) is 3.97. The van der Waals surface area contributed by atoms with E-state index in [0.29, 0.717) is 49.3 Å². The van der Waals surface area contributed by atoms with Gasteiger partial charge in [-0.1, -0.05) is 12.1 Å². The van der Waals surface area contributed by atoms with E-state index in [0.717, 1.165) is 12.8 Å². The van der Waals surface area contributed by atoms with Crippen molar-refractivity contribution in [2.24, 2.45) is 0 Å². The van der Waals surface area contributed by atoms with Crippen LogP contribution in [0, 0.1) is 5.82 Å². The van der Waals surface area contributed by atoms with Crippen molar-refractivity contribution in [3.63, 3.8) is 0 Å². The molecule has 0 spiro atoms. The number of anilines is 2. The van der Waals surface area contributed by atoms with Crippen LogP contribution in [0.1, 0.15) is 23.2 Å². The zero-order valence-corrected chi connectivity index (χ0v) is 14.0. The lowest BCUT2D eigenvalue weighted by Crippen LogP contribution is -2.49. The molecule has 0 bridgehead atoms. The van der Waals surface area contributed by atoms with E-state index < -0.39 is 0 Å². The number of rotatable bonds is 4. The number of para-hydroxylation sites is 1. The Hall–Kier alpha value is -2.63. The number of carbonyl (C=O) groups is 1. The summed E-state index contributed by atoms with van der Waals surface area (Å²) in [6, 6.07) is 10.8. The molecule has 1 N–H and O–H groups in total. The summed E-state index contributed by atoms with van der Waals surface area (Å²) in [6.45, 7) is 2.40. The molecule has 130 valence electrons. The van der Waals surface area contributed by atoms with E-state index in [2.05, 4.69) is 10.3 Å². The van der Waals surface area contributed by atoms with Crippen LogP contribution in [0.5, 0.6) is 0 Å². The molecule has 25 heavy (non-hydrogen) atoms. The standard InChI is InChI=1S/C19H21FN4O/c20-16-5-1-2-6-17(16)23-10-12-24(13-11-23)19(25)15-4-3-9-21-18(15)22-14-7-8-14/h1-6,9,14H,7-8,10-13H2,(H,21,22). The number of carbonyl (C=O) groups excluding carboxylic acids is 1. The van der Waals surface area contributed by atoms with Crippen molar-refractivity contribution in [1.29, 1.82) is 0 Å². The van der Waals surface area contributed by atoms with Crippen LogP contribution < -0.4 is 10.2 Å². The van der Waals surface area contributed by atoms with Gasteiger partial charge in [0.05, 0.1) is 11.3 Å². The van der Waals surface area contributed by atoms with E-state index in [1.54, 1.807) is 24.4 Å². The fraction of sp³-hybridized carbons (Fsp3) is 0.368. The molecule has 2 aromatic rings. The molecule has 1 aliphatic heterocycles. The Morgan fingerprint density at radius 2 is 1.84 bits per heavy atom. The Labute approximate surface area is 146 Å². The Morgan fingerprint density at radius 1 is 1.08 bits per heavy atom. The largest absolute Gasteiger partial charge is 0.367 e. The van der Waals surface area contributed by atoms with Crippen LogP contribution in [-0.4, -0.2) is 48.0 Å². The topological polar surface area (TPSA) is 48.5 Å². The number of hydrogen-bond donors (Lipinski definition) is 1. The van der Waals surface area contributed by atoms with E-state index in [-0.39, 0.29) is 11.7 Å². The Bertz CT molecular complexity index is 770. The number of nitrogens with zero attached hydrogens (tertiary/aromatic N) is 3. The minimum Gasteiger partial charge on any atom is -0.367 e. The van der Waals surface area contributed by atoms with Gasteiger partial charge in [-0.25, -0.2) is 9.37 Å².